The van der Waals surface area contributed by atoms with Crippen LogP contribution in [0.5, 0.6) is 0 Å². The first kappa shape index (κ1) is 13.9. The second-order valence-electron chi connectivity index (χ2n) is 6.35. The summed E-state index contributed by atoms with van der Waals surface area (Å²) in [6.07, 6.45) is -2.80. The van der Waals surface area contributed by atoms with Gasteiger partial charge in [-0.25, -0.2) is 0 Å². The molecule has 0 aromatic heterocycles. The van der Waals surface area contributed by atoms with Gasteiger partial charge in [-0.3, -0.25) is 4.79 Å². The Hall–Kier alpha value is -0.540. The molecule has 0 saturated heterocycles. The molecule has 0 aromatic rings. The molecule has 0 spiro atoms. The third-order valence-electron chi connectivity index (χ3n) is 5.83. The third-order valence-corrected chi connectivity index (χ3v) is 5.83. The van der Waals surface area contributed by atoms with E-state index in [9.17, 15) is 18.0 Å². The van der Waals surface area contributed by atoms with Crippen molar-refractivity contribution in [2.75, 3.05) is 0 Å². The second kappa shape index (κ2) is 3.97. The monoisotopic (exact) mass is 262 g/mol. The van der Waals surface area contributed by atoms with Gasteiger partial charge in [-0.2, -0.15) is 13.2 Å². The summed E-state index contributed by atoms with van der Waals surface area (Å²) in [6.45, 7) is 5.79. The van der Waals surface area contributed by atoms with Gasteiger partial charge in [0, 0.05) is 12.3 Å². The summed E-state index contributed by atoms with van der Waals surface area (Å²) in [5, 5.41) is 0. The minimum Gasteiger partial charge on any atom is -0.299 e. The van der Waals surface area contributed by atoms with Crippen LogP contribution in [0.3, 0.4) is 0 Å². The minimum atomic E-state index is -4.25. The van der Waals surface area contributed by atoms with E-state index in [-0.39, 0.29) is 31.0 Å². The molecule has 104 valence electrons. The van der Waals surface area contributed by atoms with Crippen LogP contribution in [0.4, 0.5) is 13.2 Å². The van der Waals surface area contributed by atoms with E-state index in [4.69, 9.17) is 0 Å². The van der Waals surface area contributed by atoms with Crippen LogP contribution in [-0.4, -0.2) is 12.0 Å². The third kappa shape index (κ3) is 1.56. The lowest BCUT2D eigenvalue weighted by Gasteiger charge is -2.53. The smallest absolute Gasteiger partial charge is 0.299 e. The molecule has 0 amide bonds. The van der Waals surface area contributed by atoms with Gasteiger partial charge in [0.1, 0.15) is 5.78 Å². The lowest BCUT2D eigenvalue weighted by molar-refractivity contribution is -0.264. The fraction of sp³-hybridized carbons (Fsp3) is 0.929. The van der Waals surface area contributed by atoms with Gasteiger partial charge in [0.15, 0.2) is 0 Å². The van der Waals surface area contributed by atoms with Crippen LogP contribution in [0.15, 0.2) is 0 Å². The first-order valence-electron chi connectivity index (χ1n) is 6.78. The zero-order valence-corrected chi connectivity index (χ0v) is 11.2. The van der Waals surface area contributed by atoms with Gasteiger partial charge in [-0.1, -0.05) is 20.8 Å². The van der Waals surface area contributed by atoms with Crippen LogP contribution >= 0.6 is 0 Å². The normalized spacial score (nSPS) is 45.1. The fourth-order valence-corrected chi connectivity index (χ4v) is 4.30. The van der Waals surface area contributed by atoms with E-state index < -0.39 is 22.9 Å². The van der Waals surface area contributed by atoms with Crippen LogP contribution in [0.2, 0.25) is 0 Å². The van der Waals surface area contributed by atoms with Crippen LogP contribution in [0.25, 0.3) is 0 Å². The standard InChI is InChI=1S/C14H21F3O/c1-4-12(3)9(2)5-7-13(14(15,16)17)8-6-10(18)11(12)13/h9,11H,4-8H2,1-3H3/t9-,11?,12-,13?/m1/s1. The quantitative estimate of drug-likeness (QED) is 0.686. The maximum Gasteiger partial charge on any atom is 0.395 e. The van der Waals surface area contributed by atoms with Gasteiger partial charge in [0.05, 0.1) is 5.41 Å². The first-order valence-corrected chi connectivity index (χ1v) is 6.78. The average Bonchev–Trinajstić information content (AvgIpc) is 2.63. The van der Waals surface area contributed by atoms with Crippen molar-refractivity contribution >= 4 is 5.78 Å². The summed E-state index contributed by atoms with van der Waals surface area (Å²) in [6, 6.07) is 0. The van der Waals surface area contributed by atoms with E-state index in [0.717, 1.165) is 0 Å². The number of carbonyl (C=O) groups is 1. The van der Waals surface area contributed by atoms with Crippen LogP contribution < -0.4 is 0 Å². The van der Waals surface area contributed by atoms with Crippen LogP contribution in [0.1, 0.15) is 52.9 Å². The van der Waals surface area contributed by atoms with E-state index in [0.29, 0.717) is 12.8 Å². The first-order chi connectivity index (χ1) is 8.19. The van der Waals surface area contributed by atoms with Crippen molar-refractivity contribution in [3.05, 3.63) is 0 Å². The van der Waals surface area contributed by atoms with Gasteiger partial charge in [-0.05, 0) is 37.0 Å². The lowest BCUT2D eigenvalue weighted by Crippen LogP contribution is -2.54. The van der Waals surface area contributed by atoms with Gasteiger partial charge in [0.2, 0.25) is 0 Å². The van der Waals surface area contributed by atoms with Crippen molar-refractivity contribution in [3.63, 3.8) is 0 Å². The molecule has 2 aliphatic carbocycles. The molecule has 2 unspecified atom stereocenters. The number of ketones is 1. The maximum atomic E-state index is 13.5. The Balaban J connectivity index is 2.52. The van der Waals surface area contributed by atoms with E-state index in [2.05, 4.69) is 0 Å². The maximum absolute atomic E-state index is 13.5. The van der Waals surface area contributed by atoms with Crippen molar-refractivity contribution in [3.8, 4) is 0 Å². The van der Waals surface area contributed by atoms with Crippen molar-refractivity contribution in [2.24, 2.45) is 22.7 Å². The van der Waals surface area contributed by atoms with Crippen LogP contribution in [-0.2, 0) is 4.79 Å². The number of carbonyl (C=O) groups excluding carboxylic acids is 1. The molecule has 0 aliphatic heterocycles. The summed E-state index contributed by atoms with van der Waals surface area (Å²) in [7, 11) is 0. The molecule has 0 radical (unpaired) electrons. The highest BCUT2D eigenvalue weighted by Gasteiger charge is 2.69. The molecular weight excluding hydrogens is 241 g/mol. The zero-order valence-electron chi connectivity index (χ0n) is 11.2. The van der Waals surface area contributed by atoms with E-state index in [1.807, 2.05) is 20.8 Å². The lowest BCUT2D eigenvalue weighted by atomic mass is 9.51. The highest BCUT2D eigenvalue weighted by Crippen LogP contribution is 2.66. The van der Waals surface area contributed by atoms with Crippen molar-refractivity contribution in [1.29, 1.82) is 0 Å². The fourth-order valence-electron chi connectivity index (χ4n) is 4.30. The summed E-state index contributed by atoms with van der Waals surface area (Å²) < 4.78 is 40.5. The molecule has 4 heteroatoms. The number of Topliss-reactive ketones (excluding diaryl/α,β-unsaturated/α-hetero) is 1. The molecule has 2 saturated carbocycles. The van der Waals surface area contributed by atoms with Gasteiger partial charge in [-0.15, -0.1) is 0 Å². The van der Waals surface area contributed by atoms with Crippen molar-refractivity contribution in [1.82, 2.24) is 0 Å². The average molecular weight is 262 g/mol. The number of fused-ring (bicyclic) bond motifs is 1. The van der Waals surface area contributed by atoms with E-state index >= 15 is 0 Å². The highest BCUT2D eigenvalue weighted by molar-refractivity contribution is 5.85. The summed E-state index contributed by atoms with van der Waals surface area (Å²) in [4.78, 5) is 12.1. The topological polar surface area (TPSA) is 17.1 Å². The second-order valence-corrected chi connectivity index (χ2v) is 6.35. The molecule has 2 aliphatic rings. The molecule has 0 bridgehead atoms. The number of hydrogen-bond donors (Lipinski definition) is 0. The van der Waals surface area contributed by atoms with Crippen molar-refractivity contribution in [2.45, 2.75) is 59.1 Å². The van der Waals surface area contributed by atoms with E-state index in [1.54, 1.807) is 0 Å². The summed E-state index contributed by atoms with van der Waals surface area (Å²) >= 11 is 0. The Bertz CT molecular complexity index is 363. The van der Waals surface area contributed by atoms with Gasteiger partial charge < -0.3 is 0 Å². The Kier molecular flexibility index (Phi) is 3.07. The molecule has 0 heterocycles. The zero-order chi connectivity index (χ0) is 13.8. The molecule has 0 N–H and O–H groups in total. The molecule has 2 rings (SSSR count). The summed E-state index contributed by atoms with van der Waals surface area (Å²) in [5.41, 5.74) is -2.23. The molecule has 0 aromatic carbocycles. The molecule has 18 heavy (non-hydrogen) atoms. The number of rotatable bonds is 1. The van der Waals surface area contributed by atoms with E-state index in [1.165, 1.54) is 0 Å². The molecule has 2 fully saturated rings. The number of hydrogen-bond acceptors (Lipinski definition) is 1. The Morgan fingerprint density at radius 2 is 1.94 bits per heavy atom. The Labute approximate surface area is 106 Å². The molecule has 1 nitrogen and oxygen atoms in total. The highest BCUT2D eigenvalue weighted by atomic mass is 19.4. The Morgan fingerprint density at radius 3 is 2.44 bits per heavy atom. The predicted octanol–water partition coefficient (Wildman–Crippen LogP) is 4.36. The largest absolute Gasteiger partial charge is 0.395 e. The SMILES string of the molecule is CC[C@@]1(C)C2C(=O)CCC2(C(F)(F)F)CC[C@H]1C. The number of halogens is 3. The van der Waals surface area contributed by atoms with Gasteiger partial charge >= 0.3 is 6.18 Å². The van der Waals surface area contributed by atoms with Gasteiger partial charge in [0.25, 0.3) is 0 Å². The molecule has 4 atom stereocenters. The number of alkyl halides is 3. The predicted molar refractivity (Wildman–Crippen MR) is 63.0 cm³/mol. The molecular formula is C14H21F3O. The van der Waals surface area contributed by atoms with Crippen molar-refractivity contribution < 1.29 is 18.0 Å². The summed E-state index contributed by atoms with van der Waals surface area (Å²) in [5.74, 6) is -0.799. The van der Waals surface area contributed by atoms with Crippen LogP contribution in [0, 0.1) is 22.7 Å². The Morgan fingerprint density at radius 1 is 1.33 bits per heavy atom. The minimum absolute atomic E-state index is 0.00229.